The van der Waals surface area contributed by atoms with Gasteiger partial charge in [0.1, 0.15) is 11.3 Å². The predicted molar refractivity (Wildman–Crippen MR) is 101 cm³/mol. The molecule has 3 rings (SSSR count). The van der Waals surface area contributed by atoms with E-state index >= 15 is 0 Å². The average molecular weight is 393 g/mol. The van der Waals surface area contributed by atoms with Gasteiger partial charge in [0.2, 0.25) is 0 Å². The molecule has 0 saturated carbocycles. The molecule has 0 aliphatic carbocycles. The molecular weight excluding hydrogens is 379 g/mol. The third-order valence-electron chi connectivity index (χ3n) is 3.28. The Morgan fingerprint density at radius 3 is 2.54 bits per heavy atom. The number of nitrogens with one attached hydrogen (secondary N) is 3. The topological polar surface area (TPSA) is 112 Å². The number of amides is 2. The molecule has 2 aromatic heterocycles. The fraction of sp³-hybridized carbons (Fsp3) is 0.125. The summed E-state index contributed by atoms with van der Waals surface area (Å²) in [6, 6.07) is 6.12. The standard InChI is InChI=1S/C16H14Cl2N6O2/c1-2-19-16(26)24-13-7-20-11-3-4-12(22-15(11)23-13)21-8-5-9(17)14(25)10(18)6-8/h3-7,25H,2H2,1H3,(H3,19,21,22,23,24,26). The summed E-state index contributed by atoms with van der Waals surface area (Å²) in [4.78, 5) is 24.4. The molecule has 0 aliphatic rings. The van der Waals surface area contributed by atoms with Crippen molar-refractivity contribution in [2.75, 3.05) is 17.2 Å². The monoisotopic (exact) mass is 392 g/mol. The van der Waals surface area contributed by atoms with Crippen molar-refractivity contribution in [3.05, 3.63) is 40.5 Å². The number of carbonyl (C=O) groups is 1. The smallest absolute Gasteiger partial charge is 0.320 e. The van der Waals surface area contributed by atoms with Gasteiger partial charge in [-0.1, -0.05) is 23.2 Å². The van der Waals surface area contributed by atoms with Crippen molar-refractivity contribution < 1.29 is 9.90 Å². The van der Waals surface area contributed by atoms with Crippen LogP contribution in [0.25, 0.3) is 11.2 Å². The van der Waals surface area contributed by atoms with Crippen LogP contribution in [-0.4, -0.2) is 32.6 Å². The number of carbonyl (C=O) groups excluding carboxylic acids is 1. The summed E-state index contributed by atoms with van der Waals surface area (Å²) in [6.45, 7) is 2.31. The Bertz CT molecular complexity index is 959. The highest BCUT2D eigenvalue weighted by atomic mass is 35.5. The number of pyridine rings is 1. The Balaban J connectivity index is 1.87. The van der Waals surface area contributed by atoms with Crippen LogP contribution < -0.4 is 16.0 Å². The van der Waals surface area contributed by atoms with Crippen molar-refractivity contribution in [3.63, 3.8) is 0 Å². The average Bonchev–Trinajstić information content (AvgIpc) is 2.59. The molecule has 2 amide bonds. The van der Waals surface area contributed by atoms with Gasteiger partial charge in [-0.3, -0.25) is 5.32 Å². The van der Waals surface area contributed by atoms with Gasteiger partial charge in [0.15, 0.2) is 17.2 Å². The second-order valence-corrected chi connectivity index (χ2v) is 6.01. The lowest BCUT2D eigenvalue weighted by molar-refractivity contribution is 0.252. The third kappa shape index (κ3) is 4.04. The van der Waals surface area contributed by atoms with Crippen LogP contribution in [0.4, 0.5) is 22.1 Å². The second-order valence-electron chi connectivity index (χ2n) is 5.19. The fourth-order valence-electron chi connectivity index (χ4n) is 2.13. The maximum atomic E-state index is 11.6. The van der Waals surface area contributed by atoms with Crippen molar-refractivity contribution >= 4 is 57.7 Å². The van der Waals surface area contributed by atoms with Crippen molar-refractivity contribution in [1.82, 2.24) is 20.3 Å². The Labute approximate surface area is 158 Å². The number of rotatable bonds is 4. The summed E-state index contributed by atoms with van der Waals surface area (Å²) in [5.74, 6) is 0.570. The summed E-state index contributed by atoms with van der Waals surface area (Å²) < 4.78 is 0. The maximum absolute atomic E-state index is 11.6. The first-order chi connectivity index (χ1) is 12.5. The van der Waals surface area contributed by atoms with Crippen molar-refractivity contribution in [2.24, 2.45) is 0 Å². The summed E-state index contributed by atoms with van der Waals surface area (Å²) in [7, 11) is 0. The molecule has 8 nitrogen and oxygen atoms in total. The van der Waals surface area contributed by atoms with Crippen LogP contribution in [0.3, 0.4) is 0 Å². The lowest BCUT2D eigenvalue weighted by Gasteiger charge is -2.09. The van der Waals surface area contributed by atoms with Gasteiger partial charge in [0.25, 0.3) is 0 Å². The summed E-state index contributed by atoms with van der Waals surface area (Å²) in [5, 5.41) is 18.1. The van der Waals surface area contributed by atoms with E-state index in [0.29, 0.717) is 29.2 Å². The van der Waals surface area contributed by atoms with E-state index in [-0.39, 0.29) is 27.6 Å². The molecule has 0 aliphatic heterocycles. The number of aromatic nitrogens is 3. The van der Waals surface area contributed by atoms with Gasteiger partial charge >= 0.3 is 6.03 Å². The number of benzene rings is 1. The number of phenolic OH excluding ortho intramolecular Hbond substituents is 1. The minimum Gasteiger partial charge on any atom is -0.505 e. The lowest BCUT2D eigenvalue weighted by Crippen LogP contribution is -2.28. The Morgan fingerprint density at radius 1 is 1.15 bits per heavy atom. The van der Waals surface area contributed by atoms with E-state index in [1.54, 1.807) is 12.1 Å². The van der Waals surface area contributed by atoms with Crippen LogP contribution in [0.2, 0.25) is 10.0 Å². The Kier molecular flexibility index (Phi) is 5.24. The molecule has 3 aromatic rings. The number of hydrogen-bond donors (Lipinski definition) is 4. The fourth-order valence-corrected chi connectivity index (χ4v) is 2.62. The first-order valence-corrected chi connectivity index (χ1v) is 8.35. The maximum Gasteiger partial charge on any atom is 0.320 e. The van der Waals surface area contributed by atoms with Crippen LogP contribution >= 0.6 is 23.2 Å². The van der Waals surface area contributed by atoms with Crippen LogP contribution in [0, 0.1) is 0 Å². The molecule has 2 heterocycles. The molecule has 0 saturated heterocycles. The van der Waals surface area contributed by atoms with Gasteiger partial charge in [-0.15, -0.1) is 0 Å². The van der Waals surface area contributed by atoms with E-state index in [1.807, 2.05) is 6.92 Å². The molecule has 0 bridgehead atoms. The zero-order chi connectivity index (χ0) is 18.7. The van der Waals surface area contributed by atoms with Crippen molar-refractivity contribution in [3.8, 4) is 5.75 Å². The van der Waals surface area contributed by atoms with Gasteiger partial charge in [-0.05, 0) is 31.2 Å². The van der Waals surface area contributed by atoms with Gasteiger partial charge in [0, 0.05) is 12.2 Å². The van der Waals surface area contributed by atoms with E-state index in [0.717, 1.165) is 0 Å². The summed E-state index contributed by atoms with van der Waals surface area (Å²) in [5.41, 5.74) is 1.47. The molecule has 0 atom stereocenters. The minimum atomic E-state index is -0.371. The quantitative estimate of drug-likeness (QED) is 0.500. The summed E-state index contributed by atoms with van der Waals surface area (Å²) in [6.07, 6.45) is 1.45. The number of halogens is 2. The molecular formula is C16H14Cl2N6O2. The number of hydrogen-bond acceptors (Lipinski definition) is 6. The zero-order valence-electron chi connectivity index (χ0n) is 13.5. The molecule has 26 heavy (non-hydrogen) atoms. The van der Waals surface area contributed by atoms with Gasteiger partial charge in [-0.25, -0.2) is 19.7 Å². The van der Waals surface area contributed by atoms with Crippen molar-refractivity contribution in [1.29, 1.82) is 0 Å². The van der Waals surface area contributed by atoms with Gasteiger partial charge < -0.3 is 15.7 Å². The SMILES string of the molecule is CCNC(=O)Nc1cnc2ccc(Nc3cc(Cl)c(O)c(Cl)c3)nc2n1. The third-order valence-corrected chi connectivity index (χ3v) is 3.85. The largest absolute Gasteiger partial charge is 0.505 e. The molecule has 0 fully saturated rings. The highest BCUT2D eigenvalue weighted by Crippen LogP contribution is 2.35. The molecule has 1 aromatic carbocycles. The molecule has 0 unspecified atom stereocenters. The number of phenols is 1. The van der Waals surface area contributed by atoms with Crippen LogP contribution in [0.1, 0.15) is 6.92 Å². The molecule has 0 spiro atoms. The first-order valence-electron chi connectivity index (χ1n) is 7.60. The normalized spacial score (nSPS) is 10.6. The molecule has 0 radical (unpaired) electrons. The van der Waals surface area contributed by atoms with Crippen LogP contribution in [-0.2, 0) is 0 Å². The van der Waals surface area contributed by atoms with Gasteiger partial charge in [-0.2, -0.15) is 0 Å². The number of anilines is 3. The Hall–Kier alpha value is -2.84. The van der Waals surface area contributed by atoms with E-state index in [9.17, 15) is 9.90 Å². The number of nitrogens with zero attached hydrogens (tertiary/aromatic N) is 3. The molecule has 134 valence electrons. The number of urea groups is 1. The first kappa shape index (κ1) is 18.0. The van der Waals surface area contributed by atoms with E-state index < -0.39 is 0 Å². The number of fused-ring (bicyclic) bond motifs is 1. The van der Waals surface area contributed by atoms with E-state index in [2.05, 4.69) is 30.9 Å². The van der Waals surface area contributed by atoms with Gasteiger partial charge in [0.05, 0.1) is 16.2 Å². The zero-order valence-corrected chi connectivity index (χ0v) is 15.1. The molecule has 4 N–H and O–H groups in total. The molecule has 10 heteroatoms. The second kappa shape index (κ2) is 7.59. The van der Waals surface area contributed by atoms with E-state index in [1.165, 1.54) is 18.3 Å². The van der Waals surface area contributed by atoms with Crippen LogP contribution in [0.5, 0.6) is 5.75 Å². The minimum absolute atomic E-state index is 0.119. The number of aromatic hydroxyl groups is 1. The van der Waals surface area contributed by atoms with Crippen molar-refractivity contribution in [2.45, 2.75) is 6.92 Å². The summed E-state index contributed by atoms with van der Waals surface area (Å²) >= 11 is 11.8. The van der Waals surface area contributed by atoms with E-state index in [4.69, 9.17) is 23.2 Å². The highest BCUT2D eigenvalue weighted by Gasteiger charge is 2.09. The lowest BCUT2D eigenvalue weighted by atomic mass is 10.3. The Morgan fingerprint density at radius 2 is 1.85 bits per heavy atom. The highest BCUT2D eigenvalue weighted by molar-refractivity contribution is 6.37. The van der Waals surface area contributed by atoms with Crippen LogP contribution in [0.15, 0.2) is 30.5 Å². The predicted octanol–water partition coefficient (Wildman–Crippen LogP) is 3.92.